The van der Waals surface area contributed by atoms with Gasteiger partial charge in [0.25, 0.3) is 0 Å². The number of nitrogens with one attached hydrogen (secondary N) is 2. The van der Waals surface area contributed by atoms with Gasteiger partial charge in [-0.2, -0.15) is 5.10 Å². The number of H-pyrrole nitrogens is 1. The first kappa shape index (κ1) is 13.5. The molecule has 1 aromatic carbocycles. The van der Waals surface area contributed by atoms with Gasteiger partial charge in [0.05, 0.1) is 11.6 Å². The fourth-order valence-corrected chi connectivity index (χ4v) is 3.70. The lowest BCUT2D eigenvalue weighted by atomic mass is 9.77. The highest BCUT2D eigenvalue weighted by molar-refractivity contribution is 6.00. The fraction of sp³-hybridized carbons (Fsp3) is 0.412. The lowest BCUT2D eigenvalue weighted by Crippen LogP contribution is -2.42. The maximum absolute atomic E-state index is 13.0. The second-order valence-corrected chi connectivity index (χ2v) is 6.27. The maximum atomic E-state index is 13.0. The van der Waals surface area contributed by atoms with E-state index in [-0.39, 0.29) is 5.41 Å². The van der Waals surface area contributed by atoms with Crippen LogP contribution in [-0.2, 0) is 4.79 Å². The van der Waals surface area contributed by atoms with E-state index in [0.717, 1.165) is 55.7 Å². The number of hydrogen-bond donors (Lipinski definition) is 2. The van der Waals surface area contributed by atoms with Crippen molar-refractivity contribution in [1.29, 1.82) is 0 Å². The summed E-state index contributed by atoms with van der Waals surface area (Å²) in [5, 5.41) is 10.2. The summed E-state index contributed by atoms with van der Waals surface area (Å²) in [5.41, 5.74) is 3.01. The molecule has 0 unspecified atom stereocenters. The SMILES string of the molecule is O=C1N(c2cccc(-c3cn[nH]c3)c2)CCC12CCNCC2. The Morgan fingerprint density at radius 3 is 2.77 bits per heavy atom. The lowest BCUT2D eigenvalue weighted by molar-refractivity contribution is -0.126. The van der Waals surface area contributed by atoms with E-state index >= 15 is 0 Å². The van der Waals surface area contributed by atoms with Crippen LogP contribution in [0, 0.1) is 5.41 Å². The number of amides is 1. The summed E-state index contributed by atoms with van der Waals surface area (Å²) in [6.07, 6.45) is 6.58. The van der Waals surface area contributed by atoms with Gasteiger partial charge in [0.15, 0.2) is 0 Å². The molecule has 1 amide bonds. The van der Waals surface area contributed by atoms with Crippen LogP contribution in [0.25, 0.3) is 11.1 Å². The molecule has 114 valence electrons. The van der Waals surface area contributed by atoms with Crippen molar-refractivity contribution >= 4 is 11.6 Å². The zero-order valence-electron chi connectivity index (χ0n) is 12.5. The summed E-state index contributed by atoms with van der Waals surface area (Å²) >= 11 is 0. The summed E-state index contributed by atoms with van der Waals surface area (Å²) in [7, 11) is 0. The predicted octanol–water partition coefficient (Wildman–Crippen LogP) is 2.18. The van der Waals surface area contributed by atoms with E-state index in [2.05, 4.69) is 27.6 Å². The Morgan fingerprint density at radius 2 is 2.00 bits per heavy atom. The molecule has 1 spiro atoms. The van der Waals surface area contributed by atoms with Crippen molar-refractivity contribution in [3.8, 4) is 11.1 Å². The second kappa shape index (κ2) is 5.25. The summed E-state index contributed by atoms with van der Waals surface area (Å²) in [5.74, 6) is 0.304. The van der Waals surface area contributed by atoms with Crippen LogP contribution in [0.2, 0.25) is 0 Å². The van der Waals surface area contributed by atoms with Gasteiger partial charge in [0, 0.05) is 24.0 Å². The van der Waals surface area contributed by atoms with E-state index in [1.54, 1.807) is 6.20 Å². The highest BCUT2D eigenvalue weighted by Crippen LogP contribution is 2.42. The molecule has 0 atom stereocenters. The molecular formula is C17H20N4O. The van der Waals surface area contributed by atoms with Crippen molar-refractivity contribution in [2.75, 3.05) is 24.5 Å². The maximum Gasteiger partial charge on any atom is 0.233 e. The largest absolute Gasteiger partial charge is 0.317 e. The first-order valence-electron chi connectivity index (χ1n) is 7.90. The molecule has 2 N–H and O–H groups in total. The van der Waals surface area contributed by atoms with E-state index in [4.69, 9.17) is 0 Å². The summed E-state index contributed by atoms with van der Waals surface area (Å²) < 4.78 is 0. The van der Waals surface area contributed by atoms with Gasteiger partial charge in [0.1, 0.15) is 0 Å². The van der Waals surface area contributed by atoms with Crippen molar-refractivity contribution in [2.45, 2.75) is 19.3 Å². The fourth-order valence-electron chi connectivity index (χ4n) is 3.70. The Labute approximate surface area is 129 Å². The molecule has 0 bridgehead atoms. The monoisotopic (exact) mass is 296 g/mol. The zero-order valence-corrected chi connectivity index (χ0v) is 12.5. The first-order chi connectivity index (χ1) is 10.8. The second-order valence-electron chi connectivity index (χ2n) is 6.27. The molecule has 0 saturated carbocycles. The Hall–Kier alpha value is -2.14. The lowest BCUT2D eigenvalue weighted by Gasteiger charge is -2.32. The molecule has 2 fully saturated rings. The van der Waals surface area contributed by atoms with Crippen molar-refractivity contribution in [3.63, 3.8) is 0 Å². The van der Waals surface area contributed by atoms with Crippen LogP contribution in [0.1, 0.15) is 19.3 Å². The van der Waals surface area contributed by atoms with E-state index in [1.165, 1.54) is 0 Å². The number of anilines is 1. The molecule has 5 nitrogen and oxygen atoms in total. The number of aromatic nitrogens is 2. The summed E-state index contributed by atoms with van der Waals surface area (Å²) in [6, 6.07) is 8.18. The number of carbonyl (C=O) groups excluding carboxylic acids is 1. The van der Waals surface area contributed by atoms with Crippen LogP contribution in [0.5, 0.6) is 0 Å². The quantitative estimate of drug-likeness (QED) is 0.893. The Morgan fingerprint density at radius 1 is 1.14 bits per heavy atom. The summed E-state index contributed by atoms with van der Waals surface area (Å²) in [4.78, 5) is 14.9. The van der Waals surface area contributed by atoms with Crippen molar-refractivity contribution in [1.82, 2.24) is 15.5 Å². The Kier molecular flexibility index (Phi) is 3.22. The molecule has 22 heavy (non-hydrogen) atoms. The molecule has 2 aliphatic heterocycles. The number of hydrogen-bond acceptors (Lipinski definition) is 3. The highest BCUT2D eigenvalue weighted by Gasteiger charge is 2.47. The van der Waals surface area contributed by atoms with Gasteiger partial charge in [-0.25, -0.2) is 0 Å². The molecular weight excluding hydrogens is 276 g/mol. The number of carbonyl (C=O) groups is 1. The van der Waals surface area contributed by atoms with Crippen LogP contribution in [-0.4, -0.2) is 35.7 Å². The van der Waals surface area contributed by atoms with Gasteiger partial charge in [-0.1, -0.05) is 12.1 Å². The molecule has 5 heteroatoms. The predicted molar refractivity (Wildman–Crippen MR) is 85.5 cm³/mol. The normalized spacial score (nSPS) is 20.7. The van der Waals surface area contributed by atoms with Gasteiger partial charge in [0.2, 0.25) is 5.91 Å². The summed E-state index contributed by atoms with van der Waals surface area (Å²) in [6.45, 7) is 2.73. The van der Waals surface area contributed by atoms with E-state index in [0.29, 0.717) is 5.91 Å². The smallest absolute Gasteiger partial charge is 0.233 e. The van der Waals surface area contributed by atoms with Gasteiger partial charge in [-0.15, -0.1) is 0 Å². The standard InChI is InChI=1S/C17H20N4O/c22-16-17(4-7-18-8-5-17)6-9-21(16)15-3-1-2-13(10-15)14-11-19-20-12-14/h1-3,10-12,18H,4-9H2,(H,19,20). The molecule has 0 radical (unpaired) electrons. The van der Waals surface area contributed by atoms with Crippen LogP contribution in [0.15, 0.2) is 36.7 Å². The van der Waals surface area contributed by atoms with Gasteiger partial charge in [-0.05, 0) is 50.0 Å². The number of nitrogens with zero attached hydrogens (tertiary/aromatic N) is 2. The molecule has 2 aromatic rings. The highest BCUT2D eigenvalue weighted by atomic mass is 16.2. The molecule has 4 rings (SSSR count). The van der Waals surface area contributed by atoms with Crippen LogP contribution >= 0.6 is 0 Å². The Balaban J connectivity index is 1.63. The van der Waals surface area contributed by atoms with Crippen LogP contribution < -0.4 is 10.2 Å². The van der Waals surface area contributed by atoms with Gasteiger partial charge in [-0.3, -0.25) is 9.89 Å². The third kappa shape index (κ3) is 2.13. The number of piperidine rings is 1. The zero-order chi connectivity index (χ0) is 15.0. The molecule has 1 aromatic heterocycles. The van der Waals surface area contributed by atoms with Crippen molar-refractivity contribution in [2.24, 2.45) is 5.41 Å². The average Bonchev–Trinajstić information content (AvgIpc) is 3.19. The minimum absolute atomic E-state index is 0.128. The van der Waals surface area contributed by atoms with E-state index in [1.807, 2.05) is 23.2 Å². The van der Waals surface area contributed by atoms with E-state index < -0.39 is 0 Å². The van der Waals surface area contributed by atoms with Gasteiger partial charge >= 0.3 is 0 Å². The van der Waals surface area contributed by atoms with Crippen molar-refractivity contribution in [3.05, 3.63) is 36.7 Å². The van der Waals surface area contributed by atoms with Gasteiger partial charge < -0.3 is 10.2 Å². The van der Waals surface area contributed by atoms with E-state index in [9.17, 15) is 4.79 Å². The third-order valence-corrected chi connectivity index (χ3v) is 5.06. The first-order valence-corrected chi connectivity index (χ1v) is 7.90. The molecule has 0 aliphatic carbocycles. The van der Waals surface area contributed by atoms with Crippen molar-refractivity contribution < 1.29 is 4.79 Å². The minimum atomic E-state index is -0.128. The number of rotatable bonds is 2. The van der Waals surface area contributed by atoms with Crippen LogP contribution in [0.3, 0.4) is 0 Å². The molecule has 2 aliphatic rings. The van der Waals surface area contributed by atoms with Crippen LogP contribution in [0.4, 0.5) is 5.69 Å². The topological polar surface area (TPSA) is 61.0 Å². The molecule has 3 heterocycles. The minimum Gasteiger partial charge on any atom is -0.317 e. The average molecular weight is 296 g/mol. The number of benzene rings is 1. The molecule has 2 saturated heterocycles. The number of aromatic amines is 1. The Bertz CT molecular complexity index is 674. The third-order valence-electron chi connectivity index (χ3n) is 5.06.